The van der Waals surface area contributed by atoms with E-state index >= 15 is 0 Å². The molecule has 1 aliphatic heterocycles. The minimum Gasteiger partial charge on any atom is -0.480 e. The van der Waals surface area contributed by atoms with Gasteiger partial charge >= 0.3 is 5.97 Å². The SMILES string of the molecule is CC1Nc2ncnc(N[C@@H](C)C(=O)O)c2NC1=O. The van der Waals surface area contributed by atoms with Crippen LogP contribution in [0.5, 0.6) is 0 Å². The van der Waals surface area contributed by atoms with Crippen molar-refractivity contribution >= 4 is 29.2 Å². The monoisotopic (exact) mass is 251 g/mol. The van der Waals surface area contributed by atoms with Crippen LogP contribution in [-0.4, -0.2) is 39.0 Å². The molecule has 0 saturated heterocycles. The molecule has 2 rings (SSSR count). The van der Waals surface area contributed by atoms with Gasteiger partial charge in [-0.05, 0) is 13.8 Å². The maximum Gasteiger partial charge on any atom is 0.325 e. The number of carbonyl (C=O) groups excluding carboxylic acids is 1. The molecule has 2 atom stereocenters. The average Bonchev–Trinajstić information content (AvgIpc) is 2.31. The first-order chi connectivity index (χ1) is 8.49. The van der Waals surface area contributed by atoms with Gasteiger partial charge in [0.1, 0.15) is 24.1 Å². The third kappa shape index (κ3) is 2.17. The van der Waals surface area contributed by atoms with Crippen molar-refractivity contribution in [1.29, 1.82) is 0 Å². The number of rotatable bonds is 3. The van der Waals surface area contributed by atoms with E-state index in [2.05, 4.69) is 25.9 Å². The normalized spacial score (nSPS) is 19.2. The van der Waals surface area contributed by atoms with Gasteiger partial charge in [-0.3, -0.25) is 9.59 Å². The summed E-state index contributed by atoms with van der Waals surface area (Å²) in [7, 11) is 0. The van der Waals surface area contributed by atoms with Crippen LogP contribution >= 0.6 is 0 Å². The molecule has 8 heteroatoms. The Bertz CT molecular complexity index is 504. The molecule has 0 saturated carbocycles. The zero-order chi connectivity index (χ0) is 13.3. The molecule has 1 amide bonds. The minimum atomic E-state index is -1.01. The quantitative estimate of drug-likeness (QED) is 0.602. The molecule has 4 N–H and O–H groups in total. The molecule has 0 radical (unpaired) electrons. The lowest BCUT2D eigenvalue weighted by Crippen LogP contribution is -2.38. The molecule has 0 aliphatic carbocycles. The van der Waals surface area contributed by atoms with Gasteiger partial charge in [-0.15, -0.1) is 0 Å². The topological polar surface area (TPSA) is 116 Å². The van der Waals surface area contributed by atoms with E-state index in [9.17, 15) is 9.59 Å². The molecule has 0 bridgehead atoms. The Morgan fingerprint density at radius 1 is 1.56 bits per heavy atom. The average molecular weight is 251 g/mol. The van der Waals surface area contributed by atoms with Crippen LogP contribution in [-0.2, 0) is 9.59 Å². The first-order valence-corrected chi connectivity index (χ1v) is 5.40. The molecule has 8 nitrogen and oxygen atoms in total. The molecular weight excluding hydrogens is 238 g/mol. The van der Waals surface area contributed by atoms with Crippen LogP contribution in [0.4, 0.5) is 17.3 Å². The highest BCUT2D eigenvalue weighted by molar-refractivity contribution is 6.04. The number of amides is 1. The maximum atomic E-state index is 11.6. The second kappa shape index (κ2) is 4.47. The summed E-state index contributed by atoms with van der Waals surface area (Å²) in [5.74, 6) is -0.478. The van der Waals surface area contributed by atoms with Gasteiger partial charge < -0.3 is 21.1 Å². The third-order valence-electron chi connectivity index (χ3n) is 2.57. The maximum absolute atomic E-state index is 11.6. The van der Waals surface area contributed by atoms with Crippen molar-refractivity contribution in [2.24, 2.45) is 0 Å². The van der Waals surface area contributed by atoms with E-state index in [1.165, 1.54) is 13.3 Å². The molecule has 96 valence electrons. The van der Waals surface area contributed by atoms with Gasteiger partial charge in [0.05, 0.1) is 0 Å². The molecule has 1 unspecified atom stereocenters. The summed E-state index contributed by atoms with van der Waals surface area (Å²) in [4.78, 5) is 30.3. The van der Waals surface area contributed by atoms with Crippen LogP contribution in [0, 0.1) is 0 Å². The smallest absolute Gasteiger partial charge is 0.325 e. The lowest BCUT2D eigenvalue weighted by Gasteiger charge is -2.25. The fraction of sp³-hybridized carbons (Fsp3) is 0.400. The fourth-order valence-corrected chi connectivity index (χ4v) is 1.49. The highest BCUT2D eigenvalue weighted by atomic mass is 16.4. The number of hydrogen-bond acceptors (Lipinski definition) is 6. The Morgan fingerprint density at radius 3 is 2.94 bits per heavy atom. The van der Waals surface area contributed by atoms with Crippen molar-refractivity contribution in [1.82, 2.24) is 9.97 Å². The number of carboxylic acid groups (broad SMARTS) is 1. The Balaban J connectivity index is 2.31. The van der Waals surface area contributed by atoms with Gasteiger partial charge in [0.25, 0.3) is 0 Å². The zero-order valence-corrected chi connectivity index (χ0v) is 9.89. The number of carboxylic acids is 1. The van der Waals surface area contributed by atoms with E-state index in [0.29, 0.717) is 11.5 Å². The predicted molar refractivity (Wildman–Crippen MR) is 64.5 cm³/mol. The van der Waals surface area contributed by atoms with E-state index < -0.39 is 18.1 Å². The van der Waals surface area contributed by atoms with Gasteiger partial charge in [-0.25, -0.2) is 9.97 Å². The van der Waals surface area contributed by atoms with E-state index in [1.807, 2.05) is 0 Å². The van der Waals surface area contributed by atoms with Gasteiger partial charge in [0, 0.05) is 0 Å². The molecule has 2 heterocycles. The number of nitrogens with one attached hydrogen (secondary N) is 3. The largest absolute Gasteiger partial charge is 0.480 e. The zero-order valence-electron chi connectivity index (χ0n) is 9.89. The Hall–Kier alpha value is -2.38. The van der Waals surface area contributed by atoms with Crippen LogP contribution in [0.15, 0.2) is 6.33 Å². The molecule has 1 aromatic heterocycles. The minimum absolute atomic E-state index is 0.219. The number of anilines is 3. The van der Waals surface area contributed by atoms with Crippen molar-refractivity contribution in [3.8, 4) is 0 Å². The van der Waals surface area contributed by atoms with Crippen LogP contribution in [0.25, 0.3) is 0 Å². The van der Waals surface area contributed by atoms with Crippen molar-refractivity contribution in [2.75, 3.05) is 16.0 Å². The molecule has 1 aromatic rings. The highest BCUT2D eigenvalue weighted by Gasteiger charge is 2.26. The summed E-state index contributed by atoms with van der Waals surface area (Å²) in [5, 5.41) is 17.1. The molecule has 0 aromatic carbocycles. The molecular formula is C10H13N5O3. The van der Waals surface area contributed by atoms with E-state index in [-0.39, 0.29) is 11.7 Å². The van der Waals surface area contributed by atoms with Gasteiger partial charge in [0.2, 0.25) is 5.91 Å². The molecule has 0 fully saturated rings. The first-order valence-electron chi connectivity index (χ1n) is 5.40. The van der Waals surface area contributed by atoms with Crippen molar-refractivity contribution in [3.63, 3.8) is 0 Å². The van der Waals surface area contributed by atoms with Crippen LogP contribution < -0.4 is 16.0 Å². The fourth-order valence-electron chi connectivity index (χ4n) is 1.49. The number of aliphatic carboxylic acids is 1. The first kappa shape index (κ1) is 12.1. The van der Waals surface area contributed by atoms with E-state index in [4.69, 9.17) is 5.11 Å². The van der Waals surface area contributed by atoms with E-state index in [0.717, 1.165) is 0 Å². The second-order valence-corrected chi connectivity index (χ2v) is 4.01. The number of nitrogens with zero attached hydrogens (tertiary/aromatic N) is 2. The second-order valence-electron chi connectivity index (χ2n) is 4.01. The number of hydrogen-bond donors (Lipinski definition) is 4. The molecule has 18 heavy (non-hydrogen) atoms. The van der Waals surface area contributed by atoms with Gasteiger partial charge in [-0.2, -0.15) is 0 Å². The summed E-state index contributed by atoms with van der Waals surface area (Å²) in [6.07, 6.45) is 1.30. The summed E-state index contributed by atoms with van der Waals surface area (Å²) in [6.45, 7) is 3.19. The summed E-state index contributed by atoms with van der Waals surface area (Å²) in [6, 6.07) is -1.21. The Kier molecular flexibility index (Phi) is 3.00. The Morgan fingerprint density at radius 2 is 2.28 bits per heavy atom. The standard InChI is InChI=1S/C10H13N5O3/c1-4-9(16)15-6-7(13-4)11-3-12-8(6)14-5(2)10(17)18/h3-5H,1-2H3,(H,15,16)(H,17,18)(H2,11,12,13,14)/t4?,5-/m0/s1. The summed E-state index contributed by atoms with van der Waals surface area (Å²) < 4.78 is 0. The lowest BCUT2D eigenvalue weighted by molar-refractivity contribution is -0.137. The van der Waals surface area contributed by atoms with Crippen molar-refractivity contribution in [2.45, 2.75) is 25.9 Å². The number of carbonyl (C=O) groups is 2. The van der Waals surface area contributed by atoms with Gasteiger partial charge in [-0.1, -0.05) is 0 Å². The van der Waals surface area contributed by atoms with Crippen molar-refractivity contribution < 1.29 is 14.7 Å². The van der Waals surface area contributed by atoms with Crippen molar-refractivity contribution in [3.05, 3.63) is 6.33 Å². The lowest BCUT2D eigenvalue weighted by atomic mass is 10.2. The number of aromatic nitrogens is 2. The van der Waals surface area contributed by atoms with E-state index in [1.54, 1.807) is 6.92 Å². The van der Waals surface area contributed by atoms with Crippen LogP contribution in [0.2, 0.25) is 0 Å². The molecule has 0 spiro atoms. The third-order valence-corrected chi connectivity index (χ3v) is 2.57. The highest BCUT2D eigenvalue weighted by Crippen LogP contribution is 2.30. The predicted octanol–water partition coefficient (Wildman–Crippen LogP) is 0.114. The van der Waals surface area contributed by atoms with Crippen LogP contribution in [0.1, 0.15) is 13.8 Å². The van der Waals surface area contributed by atoms with Gasteiger partial charge in [0.15, 0.2) is 11.6 Å². The Labute approximate surface area is 103 Å². The van der Waals surface area contributed by atoms with Crippen LogP contribution in [0.3, 0.4) is 0 Å². The summed E-state index contributed by atoms with van der Waals surface area (Å²) in [5.41, 5.74) is 0.369. The number of fused-ring (bicyclic) bond motifs is 1. The molecule has 1 aliphatic rings. The summed E-state index contributed by atoms with van der Waals surface area (Å²) >= 11 is 0.